The van der Waals surface area contributed by atoms with Crippen LogP contribution in [-0.2, 0) is 6.42 Å². The smallest absolute Gasteiger partial charge is 0.251 e. The molecule has 0 aromatic heterocycles. The third kappa shape index (κ3) is 4.05. The van der Waals surface area contributed by atoms with Crippen molar-refractivity contribution in [2.75, 3.05) is 38.8 Å². The number of carbonyl (C=O) groups is 1. The molecule has 3 rings (SSSR count). The van der Waals surface area contributed by atoms with Gasteiger partial charge >= 0.3 is 0 Å². The van der Waals surface area contributed by atoms with E-state index in [9.17, 15) is 4.79 Å². The van der Waals surface area contributed by atoms with Gasteiger partial charge in [-0.1, -0.05) is 0 Å². The number of carbonyl (C=O) groups excluding carboxylic acids is 1. The Kier molecular flexibility index (Phi) is 5.12. The first-order valence-corrected chi connectivity index (χ1v) is 8.49. The molecule has 5 heteroatoms. The summed E-state index contributed by atoms with van der Waals surface area (Å²) in [7, 11) is 3.95. The van der Waals surface area contributed by atoms with E-state index in [2.05, 4.69) is 12.2 Å². The lowest BCUT2D eigenvalue weighted by Crippen LogP contribution is -2.26. The van der Waals surface area contributed by atoms with E-state index in [1.54, 1.807) is 0 Å². The minimum absolute atomic E-state index is 0.0551. The lowest BCUT2D eigenvalue weighted by molar-refractivity contribution is 0.0954. The van der Waals surface area contributed by atoms with Crippen LogP contribution in [0.5, 0.6) is 11.5 Å². The fraction of sp³-hybridized carbons (Fsp3) is 0.350. The third-order valence-corrected chi connectivity index (χ3v) is 4.33. The first kappa shape index (κ1) is 17.1. The van der Waals surface area contributed by atoms with Crippen molar-refractivity contribution in [1.82, 2.24) is 5.32 Å². The zero-order chi connectivity index (χ0) is 17.8. The molecule has 1 aliphatic rings. The van der Waals surface area contributed by atoms with Gasteiger partial charge in [-0.25, -0.2) is 0 Å². The van der Waals surface area contributed by atoms with Crippen molar-refractivity contribution in [2.45, 2.75) is 13.3 Å². The topological polar surface area (TPSA) is 50.8 Å². The van der Waals surface area contributed by atoms with Gasteiger partial charge in [-0.3, -0.25) is 4.79 Å². The van der Waals surface area contributed by atoms with Crippen LogP contribution >= 0.6 is 0 Å². The van der Waals surface area contributed by atoms with Gasteiger partial charge in [-0.05, 0) is 60.9 Å². The van der Waals surface area contributed by atoms with Crippen molar-refractivity contribution < 1.29 is 14.3 Å². The number of aryl methyl sites for hydroxylation is 1. The molecule has 1 N–H and O–H groups in total. The number of nitrogens with zero attached hydrogens (tertiary/aromatic N) is 1. The number of ether oxygens (including phenoxy) is 2. The minimum atomic E-state index is -0.0551. The molecule has 1 amide bonds. The van der Waals surface area contributed by atoms with Gasteiger partial charge in [0.25, 0.3) is 5.91 Å². The Labute approximate surface area is 148 Å². The Balaban J connectivity index is 1.58. The van der Waals surface area contributed by atoms with Crippen molar-refractivity contribution in [3.05, 3.63) is 53.1 Å². The molecule has 0 atom stereocenters. The predicted molar refractivity (Wildman–Crippen MR) is 99.0 cm³/mol. The maximum atomic E-state index is 12.3. The van der Waals surface area contributed by atoms with Crippen LogP contribution in [0.3, 0.4) is 0 Å². The first-order chi connectivity index (χ1) is 12.0. The number of fused-ring (bicyclic) bond motifs is 1. The number of benzene rings is 2. The van der Waals surface area contributed by atoms with E-state index in [1.165, 1.54) is 0 Å². The Hall–Kier alpha value is -2.69. The van der Waals surface area contributed by atoms with Gasteiger partial charge in [0.1, 0.15) is 13.2 Å². The Bertz CT molecular complexity index is 754. The summed E-state index contributed by atoms with van der Waals surface area (Å²) >= 11 is 0. The highest BCUT2D eigenvalue weighted by Gasteiger charge is 2.14. The summed E-state index contributed by atoms with van der Waals surface area (Å²) in [6, 6.07) is 11.6. The maximum absolute atomic E-state index is 12.3. The average molecular weight is 340 g/mol. The van der Waals surface area contributed by atoms with Crippen molar-refractivity contribution in [3.8, 4) is 11.5 Å². The van der Waals surface area contributed by atoms with Crippen LogP contribution in [0.25, 0.3) is 0 Å². The average Bonchev–Trinajstić information content (AvgIpc) is 2.62. The van der Waals surface area contributed by atoms with E-state index in [4.69, 9.17) is 9.47 Å². The quantitative estimate of drug-likeness (QED) is 0.909. The van der Waals surface area contributed by atoms with Crippen molar-refractivity contribution in [3.63, 3.8) is 0 Å². The lowest BCUT2D eigenvalue weighted by atomic mass is 10.0. The summed E-state index contributed by atoms with van der Waals surface area (Å²) in [5.41, 5.74) is 4.05. The maximum Gasteiger partial charge on any atom is 0.251 e. The SMILES string of the molecule is Cc1cc2c(cc1CCNC(=O)c1ccc(N(C)C)cc1)OCCO2. The standard InChI is InChI=1S/C20H24N2O3/c1-14-12-18-19(25-11-10-24-18)13-16(14)8-9-21-20(23)15-4-6-17(7-5-15)22(2)3/h4-7,12-13H,8-11H2,1-3H3,(H,21,23). The van der Waals surface area contributed by atoms with Crippen LogP contribution in [0.1, 0.15) is 21.5 Å². The molecule has 0 unspecified atom stereocenters. The highest BCUT2D eigenvalue weighted by atomic mass is 16.6. The number of hydrogen-bond acceptors (Lipinski definition) is 4. The van der Waals surface area contributed by atoms with E-state index < -0.39 is 0 Å². The Morgan fingerprint density at radius 2 is 1.72 bits per heavy atom. The van der Waals surface area contributed by atoms with Gasteiger partial charge in [0, 0.05) is 31.9 Å². The number of nitrogens with one attached hydrogen (secondary N) is 1. The number of rotatable bonds is 5. The van der Waals surface area contributed by atoms with Gasteiger partial charge in [0.15, 0.2) is 11.5 Å². The number of anilines is 1. The molecule has 0 aliphatic carbocycles. The molecular weight excluding hydrogens is 316 g/mol. The second-order valence-electron chi connectivity index (χ2n) is 6.37. The third-order valence-electron chi connectivity index (χ3n) is 4.33. The van der Waals surface area contributed by atoms with Crippen molar-refractivity contribution in [2.24, 2.45) is 0 Å². The monoisotopic (exact) mass is 340 g/mol. The molecule has 2 aromatic carbocycles. The second-order valence-corrected chi connectivity index (χ2v) is 6.37. The fourth-order valence-electron chi connectivity index (χ4n) is 2.83. The van der Waals surface area contributed by atoms with Crippen LogP contribution in [0.4, 0.5) is 5.69 Å². The highest BCUT2D eigenvalue weighted by molar-refractivity contribution is 5.94. The summed E-state index contributed by atoms with van der Waals surface area (Å²) in [5, 5.41) is 2.98. The van der Waals surface area contributed by atoms with E-state index in [1.807, 2.05) is 55.4 Å². The van der Waals surface area contributed by atoms with Crippen LogP contribution in [0.2, 0.25) is 0 Å². The van der Waals surface area contributed by atoms with E-state index >= 15 is 0 Å². The van der Waals surface area contributed by atoms with Crippen LogP contribution in [0.15, 0.2) is 36.4 Å². The zero-order valence-electron chi connectivity index (χ0n) is 15.0. The summed E-state index contributed by atoms with van der Waals surface area (Å²) in [6.45, 7) is 3.80. The molecule has 1 heterocycles. The van der Waals surface area contributed by atoms with Crippen LogP contribution in [0, 0.1) is 6.92 Å². The Morgan fingerprint density at radius 3 is 2.36 bits per heavy atom. The Morgan fingerprint density at radius 1 is 1.08 bits per heavy atom. The fourth-order valence-corrected chi connectivity index (χ4v) is 2.83. The molecule has 132 valence electrons. The van der Waals surface area contributed by atoms with Gasteiger partial charge in [-0.2, -0.15) is 0 Å². The molecule has 0 saturated carbocycles. The summed E-state index contributed by atoms with van der Waals surface area (Å²) in [5.74, 6) is 1.54. The molecule has 1 aliphatic heterocycles. The van der Waals surface area contributed by atoms with E-state index in [-0.39, 0.29) is 5.91 Å². The van der Waals surface area contributed by atoms with Gasteiger partial charge in [-0.15, -0.1) is 0 Å². The van der Waals surface area contributed by atoms with E-state index in [0.29, 0.717) is 25.3 Å². The molecule has 0 bridgehead atoms. The van der Waals surface area contributed by atoms with Crippen molar-refractivity contribution >= 4 is 11.6 Å². The molecular formula is C20H24N2O3. The molecule has 0 spiro atoms. The molecule has 0 saturated heterocycles. The van der Waals surface area contributed by atoms with E-state index in [0.717, 1.165) is 34.7 Å². The van der Waals surface area contributed by atoms with Gasteiger partial charge in [0.2, 0.25) is 0 Å². The molecule has 5 nitrogen and oxygen atoms in total. The zero-order valence-corrected chi connectivity index (χ0v) is 15.0. The summed E-state index contributed by atoms with van der Waals surface area (Å²) < 4.78 is 11.2. The lowest BCUT2D eigenvalue weighted by Gasteiger charge is -2.20. The summed E-state index contributed by atoms with van der Waals surface area (Å²) in [4.78, 5) is 14.3. The minimum Gasteiger partial charge on any atom is -0.486 e. The van der Waals surface area contributed by atoms with Gasteiger partial charge in [0.05, 0.1) is 0 Å². The summed E-state index contributed by atoms with van der Waals surface area (Å²) in [6.07, 6.45) is 0.754. The molecule has 0 fully saturated rings. The van der Waals surface area contributed by atoms with Crippen molar-refractivity contribution in [1.29, 1.82) is 0 Å². The van der Waals surface area contributed by atoms with Crippen LogP contribution in [-0.4, -0.2) is 39.8 Å². The number of amides is 1. The normalized spacial score (nSPS) is 12.6. The highest BCUT2D eigenvalue weighted by Crippen LogP contribution is 2.33. The molecule has 0 radical (unpaired) electrons. The largest absolute Gasteiger partial charge is 0.486 e. The number of hydrogen-bond donors (Lipinski definition) is 1. The van der Waals surface area contributed by atoms with Gasteiger partial charge < -0.3 is 19.7 Å². The molecule has 25 heavy (non-hydrogen) atoms. The predicted octanol–water partition coefficient (Wildman–Crippen LogP) is 2.80. The van der Waals surface area contributed by atoms with Crippen LogP contribution < -0.4 is 19.7 Å². The first-order valence-electron chi connectivity index (χ1n) is 8.49. The second kappa shape index (κ2) is 7.47. The molecule has 2 aromatic rings.